The molecule has 1 unspecified atom stereocenters. The van der Waals surface area contributed by atoms with Gasteiger partial charge in [-0.25, -0.2) is 0 Å². The summed E-state index contributed by atoms with van der Waals surface area (Å²) in [5.41, 5.74) is 3.03. The first-order chi connectivity index (χ1) is 16.9. The Morgan fingerprint density at radius 1 is 1.14 bits per heavy atom. The molecule has 9 heteroatoms. The van der Waals surface area contributed by atoms with E-state index in [4.69, 9.17) is 0 Å². The summed E-state index contributed by atoms with van der Waals surface area (Å²) in [7, 11) is 0. The van der Waals surface area contributed by atoms with Crippen molar-refractivity contribution in [3.05, 3.63) is 103 Å². The average molecular weight is 488 g/mol. The zero-order valence-electron chi connectivity index (χ0n) is 18.7. The van der Waals surface area contributed by atoms with E-state index in [1.807, 2.05) is 48.8 Å². The molecule has 1 amide bonds. The second-order valence-corrected chi connectivity index (χ2v) is 9.32. The maximum Gasteiger partial charge on any atom is 0.295 e. The van der Waals surface area contributed by atoms with Crippen molar-refractivity contribution in [2.24, 2.45) is 0 Å². The van der Waals surface area contributed by atoms with Crippen LogP contribution in [0.15, 0.2) is 71.7 Å². The number of rotatable bonds is 6. The Morgan fingerprint density at radius 2 is 1.89 bits per heavy atom. The number of aliphatic hydroxyl groups is 1. The normalized spacial score (nSPS) is 17.4. The first-order valence-electron chi connectivity index (χ1n) is 11.0. The van der Waals surface area contributed by atoms with Gasteiger partial charge in [0, 0.05) is 46.2 Å². The molecule has 1 saturated heterocycles. The number of aromatic nitrogens is 1. The summed E-state index contributed by atoms with van der Waals surface area (Å²) in [5, 5.41) is 25.1. The summed E-state index contributed by atoms with van der Waals surface area (Å²) in [5.74, 6) is -1.78. The Balaban J connectivity index is 1.55. The van der Waals surface area contributed by atoms with Gasteiger partial charge in [0.15, 0.2) is 0 Å². The number of aryl methyl sites for hydroxylation is 1. The van der Waals surface area contributed by atoms with Crippen LogP contribution in [0.3, 0.4) is 0 Å². The molecule has 1 atom stereocenters. The predicted molar refractivity (Wildman–Crippen MR) is 133 cm³/mol. The molecule has 0 saturated carbocycles. The summed E-state index contributed by atoms with van der Waals surface area (Å²) in [4.78, 5) is 42.3. The molecule has 2 N–H and O–H groups in total. The van der Waals surface area contributed by atoms with E-state index in [1.54, 1.807) is 0 Å². The number of hydrogen-bond donors (Lipinski definition) is 2. The van der Waals surface area contributed by atoms with Crippen molar-refractivity contribution < 1.29 is 19.6 Å². The van der Waals surface area contributed by atoms with Crippen LogP contribution < -0.4 is 0 Å². The summed E-state index contributed by atoms with van der Waals surface area (Å²) in [6.45, 7) is 2.18. The zero-order chi connectivity index (χ0) is 24.7. The molecule has 0 aliphatic carbocycles. The number of hydrogen-bond acceptors (Lipinski definition) is 6. The number of benzene rings is 2. The monoisotopic (exact) mass is 487 g/mol. The van der Waals surface area contributed by atoms with Gasteiger partial charge in [0.2, 0.25) is 0 Å². The molecule has 3 heterocycles. The highest BCUT2D eigenvalue weighted by Crippen LogP contribution is 2.42. The maximum absolute atomic E-state index is 13.2. The van der Waals surface area contributed by atoms with Gasteiger partial charge in [-0.05, 0) is 54.1 Å². The number of para-hydroxylation sites is 1. The molecule has 5 rings (SSSR count). The first kappa shape index (κ1) is 22.5. The predicted octanol–water partition coefficient (Wildman–Crippen LogP) is 5.11. The lowest BCUT2D eigenvalue weighted by molar-refractivity contribution is -0.384. The molecule has 0 spiro atoms. The minimum Gasteiger partial charge on any atom is -0.507 e. The van der Waals surface area contributed by atoms with Crippen LogP contribution in [-0.2, 0) is 16.0 Å². The van der Waals surface area contributed by atoms with Crippen molar-refractivity contribution in [2.45, 2.75) is 19.4 Å². The van der Waals surface area contributed by atoms with E-state index in [9.17, 15) is 24.8 Å². The van der Waals surface area contributed by atoms with Crippen LogP contribution in [0.5, 0.6) is 0 Å². The largest absolute Gasteiger partial charge is 0.507 e. The van der Waals surface area contributed by atoms with E-state index < -0.39 is 22.7 Å². The fourth-order valence-corrected chi connectivity index (χ4v) is 5.57. The number of nitro groups is 1. The second-order valence-electron chi connectivity index (χ2n) is 8.37. The van der Waals surface area contributed by atoms with Gasteiger partial charge in [-0.3, -0.25) is 19.7 Å². The highest BCUT2D eigenvalue weighted by atomic mass is 32.1. The SMILES string of the molecule is Cc1ccsc1C1/C(=C(/O)c2ccc([N+](=O)[O-])cc2)C(=O)C(=O)N1CCc1c[nH]c2ccccc12. The number of H-pyrrole nitrogens is 1. The van der Waals surface area contributed by atoms with E-state index in [0.29, 0.717) is 6.42 Å². The van der Waals surface area contributed by atoms with Crippen molar-refractivity contribution in [3.8, 4) is 0 Å². The molecule has 176 valence electrons. The summed E-state index contributed by atoms with van der Waals surface area (Å²) < 4.78 is 0. The van der Waals surface area contributed by atoms with Gasteiger partial charge in [0.1, 0.15) is 5.76 Å². The topological polar surface area (TPSA) is 117 Å². The fraction of sp³-hybridized carbons (Fsp3) is 0.154. The van der Waals surface area contributed by atoms with Crippen molar-refractivity contribution in [1.29, 1.82) is 0 Å². The molecule has 2 aromatic heterocycles. The minimum atomic E-state index is -0.766. The summed E-state index contributed by atoms with van der Waals surface area (Å²) >= 11 is 1.42. The number of non-ortho nitro benzene ring substituents is 1. The van der Waals surface area contributed by atoms with Crippen LogP contribution in [0.2, 0.25) is 0 Å². The molecule has 0 bridgehead atoms. The lowest BCUT2D eigenvalue weighted by atomic mass is 9.98. The van der Waals surface area contributed by atoms with Crippen molar-refractivity contribution in [1.82, 2.24) is 9.88 Å². The van der Waals surface area contributed by atoms with Gasteiger partial charge in [0.05, 0.1) is 16.5 Å². The number of Topliss-reactive ketones (excluding diaryl/α,β-unsaturated/α-hetero) is 1. The third-order valence-electron chi connectivity index (χ3n) is 6.34. The second kappa shape index (κ2) is 8.84. The zero-order valence-corrected chi connectivity index (χ0v) is 19.5. The fourth-order valence-electron chi connectivity index (χ4n) is 4.52. The third kappa shape index (κ3) is 3.89. The molecule has 4 aromatic rings. The number of aromatic amines is 1. The number of aliphatic hydroxyl groups excluding tert-OH is 1. The Morgan fingerprint density at radius 3 is 2.57 bits per heavy atom. The van der Waals surface area contributed by atoms with E-state index >= 15 is 0 Å². The minimum absolute atomic E-state index is 0.00618. The number of ketones is 1. The van der Waals surface area contributed by atoms with E-state index in [1.165, 1.54) is 40.5 Å². The lowest BCUT2D eigenvalue weighted by Crippen LogP contribution is -2.31. The van der Waals surface area contributed by atoms with Crippen LogP contribution in [0.1, 0.15) is 27.6 Å². The van der Waals surface area contributed by atoms with Crippen LogP contribution in [-0.4, -0.2) is 38.1 Å². The number of likely N-dealkylation sites (tertiary alicyclic amines) is 1. The molecule has 2 aromatic carbocycles. The Labute approximate surface area is 204 Å². The number of nitro benzene ring substituents is 1. The number of carbonyl (C=O) groups is 2. The Bertz CT molecular complexity index is 1500. The molecule has 1 aliphatic heterocycles. The molecule has 35 heavy (non-hydrogen) atoms. The molecule has 8 nitrogen and oxygen atoms in total. The maximum atomic E-state index is 13.2. The third-order valence-corrected chi connectivity index (χ3v) is 7.41. The first-order valence-corrected chi connectivity index (χ1v) is 11.9. The van der Waals surface area contributed by atoms with E-state index in [0.717, 1.165) is 26.9 Å². The number of carbonyl (C=O) groups excluding carboxylic acids is 2. The van der Waals surface area contributed by atoms with Gasteiger partial charge >= 0.3 is 0 Å². The van der Waals surface area contributed by atoms with Gasteiger partial charge in [-0.15, -0.1) is 11.3 Å². The van der Waals surface area contributed by atoms with E-state index in [-0.39, 0.29) is 29.1 Å². The number of thiophene rings is 1. The highest BCUT2D eigenvalue weighted by molar-refractivity contribution is 7.10. The number of amides is 1. The van der Waals surface area contributed by atoms with Crippen molar-refractivity contribution >= 4 is 45.4 Å². The smallest absolute Gasteiger partial charge is 0.295 e. The van der Waals surface area contributed by atoms with Crippen LogP contribution in [0, 0.1) is 17.0 Å². The van der Waals surface area contributed by atoms with Crippen molar-refractivity contribution in [3.63, 3.8) is 0 Å². The van der Waals surface area contributed by atoms with Crippen LogP contribution in [0.4, 0.5) is 5.69 Å². The van der Waals surface area contributed by atoms with Crippen LogP contribution >= 0.6 is 11.3 Å². The highest BCUT2D eigenvalue weighted by Gasteiger charge is 2.46. The standard InChI is InChI=1S/C26H21N3O5S/c1-15-11-13-35-25(15)22-21(23(30)16-6-8-18(9-7-16)29(33)34)24(31)26(32)28(22)12-10-17-14-27-20-5-3-2-4-19(17)20/h2-9,11,13-14,22,27,30H,10,12H2,1H3/b23-21-. The molecule has 1 fully saturated rings. The molecule has 1 aliphatic rings. The Kier molecular flexibility index (Phi) is 5.70. The number of nitrogens with one attached hydrogen (secondary N) is 1. The van der Waals surface area contributed by atoms with Gasteiger partial charge in [0.25, 0.3) is 17.4 Å². The van der Waals surface area contributed by atoms with Crippen molar-refractivity contribution in [2.75, 3.05) is 6.54 Å². The van der Waals surface area contributed by atoms with E-state index in [2.05, 4.69) is 4.98 Å². The van der Waals surface area contributed by atoms with Gasteiger partial charge in [-0.1, -0.05) is 18.2 Å². The lowest BCUT2D eigenvalue weighted by Gasteiger charge is -2.25. The van der Waals surface area contributed by atoms with Gasteiger partial charge < -0.3 is 15.0 Å². The van der Waals surface area contributed by atoms with Crippen LogP contribution in [0.25, 0.3) is 16.7 Å². The summed E-state index contributed by atoms with van der Waals surface area (Å²) in [6.07, 6.45) is 2.43. The molecular formula is C26H21N3O5S. The quantitative estimate of drug-likeness (QED) is 0.129. The number of fused-ring (bicyclic) bond motifs is 1. The average Bonchev–Trinajstić information content (AvgIpc) is 3.54. The molecule has 0 radical (unpaired) electrons. The summed E-state index contributed by atoms with van der Waals surface area (Å²) in [6, 6.07) is 14.3. The Hall–Kier alpha value is -4.24. The molecular weight excluding hydrogens is 466 g/mol. The van der Waals surface area contributed by atoms with Gasteiger partial charge in [-0.2, -0.15) is 0 Å². The number of nitrogens with zero attached hydrogens (tertiary/aromatic N) is 2.